The third kappa shape index (κ3) is 1.72. The van der Waals surface area contributed by atoms with Crippen LogP contribution in [-0.2, 0) is 4.74 Å². The van der Waals surface area contributed by atoms with Gasteiger partial charge in [-0.25, -0.2) is 0 Å². The summed E-state index contributed by atoms with van der Waals surface area (Å²) in [4.78, 5) is 0. The minimum Gasteiger partial charge on any atom is -0.360 e. The molecule has 64 valence electrons. The van der Waals surface area contributed by atoms with Gasteiger partial charge in [-0.2, -0.15) is 0 Å². The molecular weight excluding hydrogens is 140 g/mol. The van der Waals surface area contributed by atoms with Gasteiger partial charge in [0.1, 0.15) is 6.23 Å². The lowest BCUT2D eigenvalue weighted by atomic mass is 10.0. The molecule has 3 heteroatoms. The summed E-state index contributed by atoms with van der Waals surface area (Å²) < 4.78 is 5.52. The molecule has 0 radical (unpaired) electrons. The molecule has 0 aromatic carbocycles. The van der Waals surface area contributed by atoms with E-state index in [4.69, 9.17) is 4.74 Å². The van der Waals surface area contributed by atoms with Gasteiger partial charge < -0.3 is 10.1 Å². The van der Waals surface area contributed by atoms with Gasteiger partial charge in [0.15, 0.2) is 0 Å². The molecule has 0 amide bonds. The average Bonchev–Trinajstić information content (AvgIpc) is 2.58. The molecule has 3 nitrogen and oxygen atoms in total. The van der Waals surface area contributed by atoms with Crippen molar-refractivity contribution in [2.24, 2.45) is 0 Å². The molecule has 2 atom stereocenters. The van der Waals surface area contributed by atoms with Crippen LogP contribution in [0.25, 0.3) is 0 Å². The number of ether oxygens (including phenoxy) is 1. The highest BCUT2D eigenvalue weighted by atomic mass is 16.5. The predicted octanol–water partition coefficient (Wildman–Crippen LogP) is 0.0744. The molecule has 0 bridgehead atoms. The Kier molecular flexibility index (Phi) is 2.41. The van der Waals surface area contributed by atoms with Crippen LogP contribution in [0.3, 0.4) is 0 Å². The fourth-order valence-electron chi connectivity index (χ4n) is 1.84. The second-order valence-electron chi connectivity index (χ2n) is 3.30. The molecule has 2 heterocycles. The summed E-state index contributed by atoms with van der Waals surface area (Å²) in [5.74, 6) is 0. The van der Waals surface area contributed by atoms with Gasteiger partial charge in [-0.15, -0.1) is 0 Å². The molecule has 0 aromatic heterocycles. The molecule has 2 N–H and O–H groups in total. The summed E-state index contributed by atoms with van der Waals surface area (Å²) in [7, 11) is 0. The Morgan fingerprint density at radius 1 is 1.09 bits per heavy atom. The van der Waals surface area contributed by atoms with Crippen molar-refractivity contribution >= 4 is 0 Å². The van der Waals surface area contributed by atoms with Gasteiger partial charge in [0.05, 0.1) is 6.61 Å². The summed E-state index contributed by atoms with van der Waals surface area (Å²) in [6.45, 7) is 3.05. The quantitative estimate of drug-likeness (QED) is 0.564. The Morgan fingerprint density at radius 3 is 2.73 bits per heavy atom. The van der Waals surface area contributed by atoms with Crippen molar-refractivity contribution in [1.82, 2.24) is 10.6 Å². The van der Waals surface area contributed by atoms with Crippen LogP contribution in [-0.4, -0.2) is 32.0 Å². The van der Waals surface area contributed by atoms with Gasteiger partial charge in [0.2, 0.25) is 0 Å². The maximum atomic E-state index is 5.52. The first-order valence-corrected chi connectivity index (χ1v) is 4.55. The first-order valence-electron chi connectivity index (χ1n) is 4.55. The Labute approximate surface area is 67.5 Å². The van der Waals surface area contributed by atoms with E-state index in [1.807, 2.05) is 0 Å². The first-order chi connectivity index (χ1) is 5.47. The Hall–Kier alpha value is -0.120. The summed E-state index contributed by atoms with van der Waals surface area (Å²) >= 11 is 0. The van der Waals surface area contributed by atoms with Crippen LogP contribution in [0.5, 0.6) is 0 Å². The monoisotopic (exact) mass is 156 g/mol. The van der Waals surface area contributed by atoms with E-state index in [0.717, 1.165) is 19.7 Å². The molecule has 2 saturated heterocycles. The second-order valence-corrected chi connectivity index (χ2v) is 3.30. The van der Waals surface area contributed by atoms with E-state index in [1.54, 1.807) is 0 Å². The molecule has 2 aliphatic rings. The van der Waals surface area contributed by atoms with E-state index in [-0.39, 0.29) is 6.23 Å². The van der Waals surface area contributed by atoms with Gasteiger partial charge in [0, 0.05) is 12.6 Å². The lowest BCUT2D eigenvalue weighted by molar-refractivity contribution is 0.0592. The Bertz CT molecular complexity index is 117. The minimum absolute atomic E-state index is 0.287. The predicted molar refractivity (Wildman–Crippen MR) is 43.4 cm³/mol. The number of piperidine rings is 1. The summed E-state index contributed by atoms with van der Waals surface area (Å²) in [6, 6.07) is 0.561. The van der Waals surface area contributed by atoms with Crippen LogP contribution < -0.4 is 10.6 Å². The molecule has 11 heavy (non-hydrogen) atoms. The van der Waals surface area contributed by atoms with Gasteiger partial charge in [-0.05, 0) is 19.4 Å². The van der Waals surface area contributed by atoms with Crippen molar-refractivity contribution in [3.05, 3.63) is 0 Å². The fraction of sp³-hybridized carbons (Fsp3) is 1.00. The van der Waals surface area contributed by atoms with Crippen molar-refractivity contribution in [3.8, 4) is 0 Å². The first kappa shape index (κ1) is 7.53. The SMILES string of the molecule is C1CCC(C2NCCO2)NC1. The van der Waals surface area contributed by atoms with Crippen LogP contribution in [0.2, 0.25) is 0 Å². The van der Waals surface area contributed by atoms with E-state index in [2.05, 4.69) is 10.6 Å². The summed E-state index contributed by atoms with van der Waals surface area (Å²) in [6.07, 6.45) is 4.22. The molecular formula is C8H16N2O. The van der Waals surface area contributed by atoms with Crippen LogP contribution >= 0.6 is 0 Å². The highest BCUT2D eigenvalue weighted by molar-refractivity contribution is 4.81. The van der Waals surface area contributed by atoms with Crippen molar-refractivity contribution in [1.29, 1.82) is 0 Å². The maximum Gasteiger partial charge on any atom is 0.123 e. The zero-order valence-electron chi connectivity index (χ0n) is 6.81. The average molecular weight is 156 g/mol. The van der Waals surface area contributed by atoms with Crippen molar-refractivity contribution in [2.45, 2.75) is 31.5 Å². The van der Waals surface area contributed by atoms with E-state index in [9.17, 15) is 0 Å². The molecule has 2 fully saturated rings. The van der Waals surface area contributed by atoms with Crippen molar-refractivity contribution < 1.29 is 4.74 Å². The summed E-state index contributed by atoms with van der Waals surface area (Å²) in [5, 5.41) is 6.82. The molecule has 2 unspecified atom stereocenters. The highest BCUT2D eigenvalue weighted by Gasteiger charge is 2.25. The Morgan fingerprint density at radius 2 is 2.09 bits per heavy atom. The second kappa shape index (κ2) is 3.52. The largest absolute Gasteiger partial charge is 0.360 e. The van der Waals surface area contributed by atoms with Gasteiger partial charge in [-0.3, -0.25) is 5.32 Å². The van der Waals surface area contributed by atoms with Gasteiger partial charge in [0.25, 0.3) is 0 Å². The number of hydrogen-bond acceptors (Lipinski definition) is 3. The van der Waals surface area contributed by atoms with Crippen molar-refractivity contribution in [3.63, 3.8) is 0 Å². The normalized spacial score (nSPS) is 39.3. The molecule has 2 rings (SSSR count). The number of nitrogens with one attached hydrogen (secondary N) is 2. The number of rotatable bonds is 1. The molecule has 0 spiro atoms. The van der Waals surface area contributed by atoms with Crippen LogP contribution in [0.4, 0.5) is 0 Å². The van der Waals surface area contributed by atoms with Crippen LogP contribution in [0, 0.1) is 0 Å². The Balaban J connectivity index is 1.82. The third-order valence-electron chi connectivity index (χ3n) is 2.46. The molecule has 0 saturated carbocycles. The standard InChI is InChI=1S/C8H16N2O/c1-2-4-9-7(3-1)8-10-5-6-11-8/h7-10H,1-6H2. The molecule has 2 aliphatic heterocycles. The summed E-state index contributed by atoms with van der Waals surface area (Å²) in [5.41, 5.74) is 0. The lowest BCUT2D eigenvalue weighted by Crippen LogP contribution is -2.48. The van der Waals surface area contributed by atoms with Gasteiger partial charge >= 0.3 is 0 Å². The van der Waals surface area contributed by atoms with E-state index in [0.29, 0.717) is 6.04 Å². The van der Waals surface area contributed by atoms with E-state index < -0.39 is 0 Å². The van der Waals surface area contributed by atoms with Crippen LogP contribution in [0.15, 0.2) is 0 Å². The zero-order chi connectivity index (χ0) is 7.52. The fourth-order valence-corrected chi connectivity index (χ4v) is 1.84. The van der Waals surface area contributed by atoms with E-state index >= 15 is 0 Å². The lowest BCUT2D eigenvalue weighted by Gasteiger charge is -2.27. The minimum atomic E-state index is 0.287. The molecule has 0 aliphatic carbocycles. The number of hydrogen-bond donors (Lipinski definition) is 2. The smallest absolute Gasteiger partial charge is 0.123 e. The molecule has 0 aromatic rings. The third-order valence-corrected chi connectivity index (χ3v) is 2.46. The highest BCUT2D eigenvalue weighted by Crippen LogP contribution is 2.12. The zero-order valence-corrected chi connectivity index (χ0v) is 6.81. The van der Waals surface area contributed by atoms with Gasteiger partial charge in [-0.1, -0.05) is 6.42 Å². The maximum absolute atomic E-state index is 5.52. The van der Waals surface area contributed by atoms with Crippen molar-refractivity contribution in [2.75, 3.05) is 19.7 Å². The van der Waals surface area contributed by atoms with Crippen LogP contribution in [0.1, 0.15) is 19.3 Å². The van der Waals surface area contributed by atoms with E-state index in [1.165, 1.54) is 19.3 Å². The topological polar surface area (TPSA) is 33.3 Å².